The molecule has 0 spiro atoms. The first kappa shape index (κ1) is 39.2. The number of rotatable bonds is 10. The van der Waals surface area contributed by atoms with Crippen LogP contribution in [0.2, 0.25) is 0 Å². The molecule has 0 bridgehead atoms. The topological polar surface area (TPSA) is 6.48 Å². The Morgan fingerprint density at radius 2 is 0.952 bits per heavy atom. The largest absolute Gasteiger partial charge is 0.334 e. The van der Waals surface area contributed by atoms with Gasteiger partial charge in [0.05, 0.1) is 17.4 Å². The van der Waals surface area contributed by atoms with Gasteiger partial charge in [0.1, 0.15) is 0 Å². The summed E-state index contributed by atoms with van der Waals surface area (Å²) in [6.45, 7) is 13.5. The molecule has 62 heavy (non-hydrogen) atoms. The average molecular weight is 803 g/mol. The first-order valence-corrected chi connectivity index (χ1v) is 22.3. The smallest absolute Gasteiger partial charge is 0.0560 e. The second-order valence-corrected chi connectivity index (χ2v) is 17.8. The molecule has 9 aromatic rings. The van der Waals surface area contributed by atoms with Crippen LogP contribution in [-0.2, 0) is 0 Å². The fourth-order valence-electron chi connectivity index (χ4n) is 9.64. The van der Waals surface area contributed by atoms with Gasteiger partial charge in [-0.25, -0.2) is 0 Å². The summed E-state index contributed by atoms with van der Waals surface area (Å²) in [5.41, 5.74) is 16.0. The van der Waals surface area contributed by atoms with Gasteiger partial charge in [0, 0.05) is 38.6 Å². The van der Waals surface area contributed by atoms with Crippen LogP contribution in [0.15, 0.2) is 194 Å². The summed E-state index contributed by atoms with van der Waals surface area (Å²) in [5, 5.41) is 7.59. The van der Waals surface area contributed by atoms with Crippen molar-refractivity contribution in [2.45, 2.75) is 59.9 Å². The Balaban J connectivity index is 1.34. The van der Waals surface area contributed by atoms with Crippen molar-refractivity contribution in [3.8, 4) is 22.3 Å². The number of allylic oxidation sites excluding steroid dienone is 2. The highest BCUT2D eigenvalue weighted by Gasteiger charge is 2.28. The maximum absolute atomic E-state index is 2.60. The summed E-state index contributed by atoms with van der Waals surface area (Å²) in [6, 6.07) is 64.0. The third-order valence-electron chi connectivity index (χ3n) is 13.1. The summed E-state index contributed by atoms with van der Waals surface area (Å²) in [5.74, 6) is 0.933. The zero-order valence-corrected chi connectivity index (χ0v) is 36.7. The molecular formula is C60H54N2. The van der Waals surface area contributed by atoms with Gasteiger partial charge in [-0.1, -0.05) is 178 Å². The minimum Gasteiger partial charge on any atom is -0.334 e. The van der Waals surface area contributed by atoms with Gasteiger partial charge in [-0.3, -0.25) is 0 Å². The number of aryl methyl sites for hydroxylation is 2. The monoisotopic (exact) mass is 802 g/mol. The Kier molecular flexibility index (Phi) is 10.2. The first-order valence-electron chi connectivity index (χ1n) is 22.3. The fraction of sp³-hybridized carbons (Fsp3) is 0.167. The molecule has 1 atom stereocenters. The Morgan fingerprint density at radius 1 is 0.468 bits per heavy atom. The van der Waals surface area contributed by atoms with Crippen molar-refractivity contribution in [2.24, 2.45) is 5.92 Å². The molecule has 0 amide bonds. The van der Waals surface area contributed by atoms with Gasteiger partial charge in [0.15, 0.2) is 0 Å². The van der Waals surface area contributed by atoms with Crippen molar-refractivity contribution in [2.75, 3.05) is 9.80 Å². The maximum atomic E-state index is 2.60. The van der Waals surface area contributed by atoms with E-state index in [0.29, 0.717) is 11.8 Å². The number of hydrogen-bond donors (Lipinski definition) is 0. The predicted octanol–water partition coefficient (Wildman–Crippen LogP) is 17.2. The number of benzene rings is 9. The molecule has 2 nitrogen and oxygen atoms in total. The molecule has 10 rings (SSSR count). The van der Waals surface area contributed by atoms with Crippen LogP contribution in [0.25, 0.3) is 54.6 Å². The van der Waals surface area contributed by atoms with E-state index < -0.39 is 0 Å². The van der Waals surface area contributed by atoms with Crippen LogP contribution >= 0.6 is 0 Å². The molecule has 9 aromatic carbocycles. The van der Waals surface area contributed by atoms with Gasteiger partial charge in [-0.15, -0.1) is 0 Å². The van der Waals surface area contributed by atoms with Crippen LogP contribution in [0.5, 0.6) is 0 Å². The Morgan fingerprint density at radius 3 is 1.45 bits per heavy atom. The van der Waals surface area contributed by atoms with E-state index in [0.717, 1.165) is 23.5 Å². The van der Waals surface area contributed by atoms with Crippen LogP contribution in [0.3, 0.4) is 0 Å². The Labute approximate surface area is 367 Å². The van der Waals surface area contributed by atoms with Crippen LogP contribution in [0.1, 0.15) is 56.7 Å². The standard InChI is InChI=1S/C60H54N2/c1-39(2)43-25-29-49(30-26-43)61(47-13-9-7-10-14-47)57-37-55(45-21-17-41(5)18-22-45)51-34-36-54-58(62(48-15-11-8-12-16-48)50-31-27-44(28-32-50)40(3)4)38-56(46-23-19-42(6)20-24-46)52-33-35-53(57)59(51)60(52)54/h7-31,33-40,50H,32H2,1-6H3. The fourth-order valence-corrected chi connectivity index (χ4v) is 9.64. The number of hydrogen-bond acceptors (Lipinski definition) is 2. The second-order valence-electron chi connectivity index (χ2n) is 17.8. The van der Waals surface area contributed by atoms with Gasteiger partial charge in [0.2, 0.25) is 0 Å². The van der Waals surface area contributed by atoms with Crippen LogP contribution < -0.4 is 9.80 Å². The van der Waals surface area contributed by atoms with Gasteiger partial charge >= 0.3 is 0 Å². The number of anilines is 5. The van der Waals surface area contributed by atoms with Crippen molar-refractivity contribution in [1.29, 1.82) is 0 Å². The maximum Gasteiger partial charge on any atom is 0.0560 e. The highest BCUT2D eigenvalue weighted by molar-refractivity contribution is 6.32. The van der Waals surface area contributed by atoms with Crippen molar-refractivity contribution < 1.29 is 0 Å². The zero-order chi connectivity index (χ0) is 42.5. The quantitative estimate of drug-likeness (QED) is 0.127. The van der Waals surface area contributed by atoms with Crippen LogP contribution in [-0.4, -0.2) is 6.04 Å². The second kappa shape index (κ2) is 16.2. The number of para-hydroxylation sites is 2. The molecule has 0 saturated heterocycles. The van der Waals surface area contributed by atoms with E-state index in [1.54, 1.807) is 0 Å². The van der Waals surface area contributed by atoms with Gasteiger partial charge in [-0.05, 0) is 125 Å². The van der Waals surface area contributed by atoms with Crippen LogP contribution in [0, 0.1) is 19.8 Å². The minimum absolute atomic E-state index is 0.144. The lowest BCUT2D eigenvalue weighted by Gasteiger charge is -2.35. The molecule has 0 aromatic heterocycles. The average Bonchev–Trinajstić information content (AvgIpc) is 3.30. The molecule has 0 radical (unpaired) electrons. The van der Waals surface area contributed by atoms with E-state index in [1.165, 1.54) is 88.2 Å². The van der Waals surface area contributed by atoms with E-state index >= 15 is 0 Å². The Bertz CT molecular complexity index is 3080. The SMILES string of the molecule is Cc1ccc(-c2cc(N(c3ccccc3)c3ccc(C(C)C)cc3)c3ccc4c(-c5ccc(C)cc5)cc(N(c5ccccc5)C5C=CC(C(C)C)=CC5)c5ccc2c3c45)cc1. The van der Waals surface area contributed by atoms with Gasteiger partial charge in [0.25, 0.3) is 0 Å². The molecule has 1 aliphatic rings. The highest BCUT2D eigenvalue weighted by Crippen LogP contribution is 2.51. The zero-order valence-electron chi connectivity index (χ0n) is 36.7. The van der Waals surface area contributed by atoms with E-state index in [-0.39, 0.29) is 6.04 Å². The minimum atomic E-state index is 0.144. The van der Waals surface area contributed by atoms with Gasteiger partial charge in [-0.2, -0.15) is 0 Å². The van der Waals surface area contributed by atoms with E-state index in [9.17, 15) is 0 Å². The predicted molar refractivity (Wildman–Crippen MR) is 268 cm³/mol. The molecule has 304 valence electrons. The van der Waals surface area contributed by atoms with Crippen molar-refractivity contribution in [3.63, 3.8) is 0 Å². The molecule has 1 unspecified atom stereocenters. The molecule has 0 N–H and O–H groups in total. The number of nitrogens with zero attached hydrogens (tertiary/aromatic N) is 2. The lowest BCUT2D eigenvalue weighted by molar-refractivity contribution is 0.732. The molecule has 0 heterocycles. The summed E-state index contributed by atoms with van der Waals surface area (Å²) in [7, 11) is 0. The van der Waals surface area contributed by atoms with E-state index in [2.05, 4.69) is 239 Å². The third kappa shape index (κ3) is 7.04. The molecule has 1 aliphatic carbocycles. The molecule has 0 fully saturated rings. The van der Waals surface area contributed by atoms with Crippen molar-refractivity contribution >= 4 is 60.8 Å². The van der Waals surface area contributed by atoms with Crippen molar-refractivity contribution in [1.82, 2.24) is 0 Å². The molecule has 0 aliphatic heterocycles. The lowest BCUT2D eigenvalue weighted by Crippen LogP contribution is -2.30. The molecule has 0 saturated carbocycles. The van der Waals surface area contributed by atoms with E-state index in [1.807, 2.05) is 0 Å². The van der Waals surface area contributed by atoms with Gasteiger partial charge < -0.3 is 9.80 Å². The normalized spacial score (nSPS) is 14.1. The molecular weight excluding hydrogens is 749 g/mol. The van der Waals surface area contributed by atoms with Crippen molar-refractivity contribution in [3.05, 3.63) is 210 Å². The Hall–Kier alpha value is -6.90. The summed E-state index contributed by atoms with van der Waals surface area (Å²) in [4.78, 5) is 5.07. The third-order valence-corrected chi connectivity index (χ3v) is 13.1. The summed E-state index contributed by atoms with van der Waals surface area (Å²) < 4.78 is 0. The lowest BCUT2D eigenvalue weighted by atomic mass is 9.84. The summed E-state index contributed by atoms with van der Waals surface area (Å²) in [6.07, 6.45) is 8.18. The first-order chi connectivity index (χ1) is 30.2. The molecule has 2 heteroatoms. The van der Waals surface area contributed by atoms with E-state index in [4.69, 9.17) is 0 Å². The summed E-state index contributed by atoms with van der Waals surface area (Å²) >= 11 is 0. The highest BCUT2D eigenvalue weighted by atomic mass is 15.2. The van der Waals surface area contributed by atoms with Crippen LogP contribution in [0.4, 0.5) is 28.4 Å².